The number of halogens is 2. The van der Waals surface area contributed by atoms with Crippen LogP contribution in [0.3, 0.4) is 0 Å². The van der Waals surface area contributed by atoms with Gasteiger partial charge >= 0.3 is 0 Å². The molecule has 11 heteroatoms. The van der Waals surface area contributed by atoms with Gasteiger partial charge in [0.2, 0.25) is 18.1 Å². The standard InChI is InChI=1S/C26H24F2N6O3/c1-14-2-3-15(23-31-25(37-32-23)18-8-17(18)22(27)28)6-20(14)30-24(35)19-9-29-34-5-4-16(7-21(19)34)33-10-26(11-33)12-36-13-26/h2-7,9,17-18,22H,8,10-13H2,1H3,(H,30,35)/t17-,18-/m0/s1. The van der Waals surface area contributed by atoms with E-state index in [2.05, 4.69) is 25.5 Å². The van der Waals surface area contributed by atoms with Crippen molar-refractivity contribution in [1.29, 1.82) is 0 Å². The zero-order chi connectivity index (χ0) is 25.3. The molecule has 1 N–H and O–H groups in total. The molecule has 3 fully saturated rings. The fourth-order valence-corrected chi connectivity index (χ4v) is 5.23. The van der Waals surface area contributed by atoms with Crippen molar-refractivity contribution in [1.82, 2.24) is 19.8 Å². The molecule has 5 heterocycles. The van der Waals surface area contributed by atoms with Gasteiger partial charge < -0.3 is 19.5 Å². The molecule has 3 aromatic heterocycles. The van der Waals surface area contributed by atoms with Gasteiger partial charge in [0.1, 0.15) is 0 Å². The van der Waals surface area contributed by atoms with Crippen molar-refractivity contribution < 1.29 is 22.8 Å². The number of hydrogen-bond donors (Lipinski definition) is 1. The van der Waals surface area contributed by atoms with E-state index in [0.717, 1.165) is 43.1 Å². The van der Waals surface area contributed by atoms with Crippen LogP contribution in [0.15, 0.2) is 47.2 Å². The van der Waals surface area contributed by atoms with Crippen LogP contribution in [0.5, 0.6) is 0 Å². The molecular weight excluding hydrogens is 482 g/mol. The predicted octanol–water partition coefficient (Wildman–Crippen LogP) is 4.15. The third-order valence-electron chi connectivity index (χ3n) is 7.65. The summed E-state index contributed by atoms with van der Waals surface area (Å²) >= 11 is 0. The number of nitrogens with zero attached hydrogens (tertiary/aromatic N) is 5. The average molecular weight is 507 g/mol. The van der Waals surface area contributed by atoms with Crippen molar-refractivity contribution in [2.24, 2.45) is 11.3 Å². The summed E-state index contributed by atoms with van der Waals surface area (Å²) in [6, 6.07) is 9.41. The molecular formula is C26H24F2N6O3. The van der Waals surface area contributed by atoms with E-state index in [0.29, 0.717) is 29.1 Å². The number of alkyl halides is 2. The lowest BCUT2D eigenvalue weighted by Gasteiger charge is -2.56. The second-order valence-electron chi connectivity index (χ2n) is 10.4. The van der Waals surface area contributed by atoms with Crippen LogP contribution in [0.4, 0.5) is 20.2 Å². The van der Waals surface area contributed by atoms with Crippen LogP contribution in [0.1, 0.15) is 34.2 Å². The molecule has 3 aliphatic rings. The van der Waals surface area contributed by atoms with Crippen molar-refractivity contribution in [3.05, 3.63) is 59.7 Å². The lowest BCUT2D eigenvalue weighted by molar-refractivity contribution is -0.127. The van der Waals surface area contributed by atoms with Crippen LogP contribution in [0.2, 0.25) is 0 Å². The minimum absolute atomic E-state index is 0.228. The SMILES string of the molecule is Cc1ccc(-c2noc([C@H]3C[C@@H]3C(F)F)n2)cc1NC(=O)c1cnn2ccc(N3CC4(COC4)C3)cc12. The Labute approximate surface area is 210 Å². The van der Waals surface area contributed by atoms with Gasteiger partial charge in [0.05, 0.1) is 35.9 Å². The molecule has 0 unspecified atom stereocenters. The third-order valence-corrected chi connectivity index (χ3v) is 7.65. The van der Waals surface area contributed by atoms with Gasteiger partial charge in [-0.05, 0) is 37.1 Å². The van der Waals surface area contributed by atoms with Gasteiger partial charge in [-0.1, -0.05) is 17.3 Å². The van der Waals surface area contributed by atoms with Gasteiger partial charge in [0.25, 0.3) is 5.91 Å². The summed E-state index contributed by atoms with van der Waals surface area (Å²) in [6.45, 7) is 5.41. The molecule has 190 valence electrons. The minimum atomic E-state index is -2.39. The van der Waals surface area contributed by atoms with Gasteiger partial charge in [-0.15, -0.1) is 0 Å². The number of anilines is 2. The van der Waals surface area contributed by atoms with Crippen LogP contribution in [-0.4, -0.2) is 58.4 Å². The molecule has 1 aliphatic carbocycles. The lowest BCUT2D eigenvalue weighted by atomic mass is 9.78. The average Bonchev–Trinajstić information content (AvgIpc) is 3.28. The van der Waals surface area contributed by atoms with Gasteiger partial charge in [0.15, 0.2) is 0 Å². The summed E-state index contributed by atoms with van der Waals surface area (Å²) in [7, 11) is 0. The second kappa shape index (κ2) is 8.07. The highest BCUT2D eigenvalue weighted by atomic mass is 19.3. The monoisotopic (exact) mass is 506 g/mol. The molecule has 4 aromatic rings. The highest BCUT2D eigenvalue weighted by Gasteiger charge is 2.49. The molecule has 2 aliphatic heterocycles. The van der Waals surface area contributed by atoms with Crippen LogP contribution in [0.25, 0.3) is 16.9 Å². The number of aryl methyl sites for hydroxylation is 1. The van der Waals surface area contributed by atoms with Crippen LogP contribution < -0.4 is 10.2 Å². The maximum absolute atomic E-state index is 13.3. The normalized spacial score (nSPS) is 21.8. The maximum atomic E-state index is 13.3. The summed E-state index contributed by atoms with van der Waals surface area (Å²) in [5, 5.41) is 11.3. The molecule has 2 atom stereocenters. The molecule has 7 rings (SSSR count). The molecule has 9 nitrogen and oxygen atoms in total. The number of aromatic nitrogens is 4. The number of nitrogens with one attached hydrogen (secondary N) is 1. The number of pyridine rings is 1. The lowest BCUT2D eigenvalue weighted by Crippen LogP contribution is -2.66. The highest BCUT2D eigenvalue weighted by Crippen LogP contribution is 2.50. The van der Waals surface area contributed by atoms with Crippen LogP contribution >= 0.6 is 0 Å². The number of benzene rings is 1. The van der Waals surface area contributed by atoms with E-state index >= 15 is 0 Å². The number of amides is 1. The van der Waals surface area contributed by atoms with Crippen LogP contribution in [0, 0.1) is 18.3 Å². The van der Waals surface area contributed by atoms with E-state index in [1.165, 1.54) is 0 Å². The Hall–Kier alpha value is -3.86. The maximum Gasteiger partial charge on any atom is 0.259 e. The zero-order valence-corrected chi connectivity index (χ0v) is 20.0. The third kappa shape index (κ3) is 3.76. The Morgan fingerprint density at radius 1 is 1.22 bits per heavy atom. The number of hydrogen-bond acceptors (Lipinski definition) is 7. The first-order valence-electron chi connectivity index (χ1n) is 12.2. The summed E-state index contributed by atoms with van der Waals surface area (Å²) in [4.78, 5) is 19.9. The number of fused-ring (bicyclic) bond motifs is 1. The quantitative estimate of drug-likeness (QED) is 0.420. The largest absolute Gasteiger partial charge is 0.380 e. The smallest absolute Gasteiger partial charge is 0.259 e. The topological polar surface area (TPSA) is 97.8 Å². The first kappa shape index (κ1) is 22.3. The molecule has 37 heavy (non-hydrogen) atoms. The van der Waals surface area contributed by atoms with Gasteiger partial charge in [-0.3, -0.25) is 4.79 Å². The fraction of sp³-hybridized carbons (Fsp3) is 0.385. The second-order valence-corrected chi connectivity index (χ2v) is 10.4. The van der Waals surface area contributed by atoms with Gasteiger partial charge in [0, 0.05) is 48.1 Å². The minimum Gasteiger partial charge on any atom is -0.380 e. The number of rotatable bonds is 6. The molecule has 0 radical (unpaired) electrons. The summed E-state index contributed by atoms with van der Waals surface area (Å²) in [6.07, 6.45) is 1.38. The number of ether oxygens (including phenoxy) is 1. The molecule has 1 saturated carbocycles. The summed E-state index contributed by atoms with van der Waals surface area (Å²) in [5.41, 5.74) is 4.59. The number of carbonyl (C=O) groups is 1. The van der Waals surface area contributed by atoms with E-state index in [1.807, 2.05) is 37.4 Å². The van der Waals surface area contributed by atoms with Crippen molar-refractivity contribution in [2.45, 2.75) is 25.7 Å². The Balaban J connectivity index is 1.11. The fourth-order valence-electron chi connectivity index (χ4n) is 5.23. The van der Waals surface area contributed by atoms with E-state index < -0.39 is 18.3 Å². The van der Waals surface area contributed by atoms with Crippen molar-refractivity contribution in [3.8, 4) is 11.4 Å². The van der Waals surface area contributed by atoms with Gasteiger partial charge in [-0.2, -0.15) is 10.1 Å². The molecule has 1 aromatic carbocycles. The Morgan fingerprint density at radius 3 is 2.78 bits per heavy atom. The first-order valence-corrected chi connectivity index (χ1v) is 12.2. The van der Waals surface area contributed by atoms with E-state index in [1.54, 1.807) is 16.8 Å². The first-order chi connectivity index (χ1) is 17.9. The Kier molecular flexibility index (Phi) is 4.87. The predicted molar refractivity (Wildman–Crippen MR) is 130 cm³/mol. The Bertz CT molecular complexity index is 1520. The molecule has 1 spiro atoms. The van der Waals surface area contributed by atoms with Crippen molar-refractivity contribution in [3.63, 3.8) is 0 Å². The van der Waals surface area contributed by atoms with Crippen molar-refractivity contribution in [2.75, 3.05) is 36.5 Å². The Morgan fingerprint density at radius 2 is 2.05 bits per heavy atom. The highest BCUT2D eigenvalue weighted by molar-refractivity contribution is 6.09. The van der Waals surface area contributed by atoms with E-state index in [-0.39, 0.29) is 17.2 Å². The van der Waals surface area contributed by atoms with E-state index in [9.17, 15) is 13.6 Å². The summed E-state index contributed by atoms with van der Waals surface area (Å²) < 4.78 is 38.1. The van der Waals surface area contributed by atoms with Crippen molar-refractivity contribution >= 4 is 22.8 Å². The summed E-state index contributed by atoms with van der Waals surface area (Å²) in [5.74, 6) is -0.870. The molecule has 0 bridgehead atoms. The molecule has 1 amide bonds. The van der Waals surface area contributed by atoms with Gasteiger partial charge in [-0.25, -0.2) is 13.3 Å². The molecule has 2 saturated heterocycles. The van der Waals surface area contributed by atoms with E-state index in [4.69, 9.17) is 9.26 Å². The van der Waals surface area contributed by atoms with Crippen LogP contribution in [-0.2, 0) is 4.74 Å². The zero-order valence-electron chi connectivity index (χ0n) is 20.0. The number of carbonyl (C=O) groups excluding carboxylic acids is 1.